The number of rotatable bonds is 9. The molecule has 23 heavy (non-hydrogen) atoms. The van der Waals surface area contributed by atoms with E-state index in [1.54, 1.807) is 12.1 Å². The summed E-state index contributed by atoms with van der Waals surface area (Å²) < 4.78 is 18.6. The zero-order valence-corrected chi connectivity index (χ0v) is 13.6. The third-order valence-electron chi connectivity index (χ3n) is 3.74. The van der Waals surface area contributed by atoms with Gasteiger partial charge in [-0.1, -0.05) is 32.6 Å². The Morgan fingerprint density at radius 3 is 2.04 bits per heavy atom. The molecular weight excluding hydrogens is 291 g/mol. The van der Waals surface area contributed by atoms with Crippen molar-refractivity contribution in [1.29, 1.82) is 0 Å². The average molecular weight is 314 g/mol. The molecule has 0 N–H and O–H groups in total. The molecule has 0 radical (unpaired) electrons. The fourth-order valence-corrected chi connectivity index (χ4v) is 2.37. The first-order valence-corrected chi connectivity index (χ1v) is 8.24. The SMILES string of the molecule is CCCCCCCOc1ccc(C(=O)c2ccc(F)cc2)cc1. The molecule has 0 aliphatic carbocycles. The van der Waals surface area contributed by atoms with Crippen LogP contribution in [0.4, 0.5) is 4.39 Å². The number of hydrogen-bond donors (Lipinski definition) is 0. The predicted molar refractivity (Wildman–Crippen MR) is 90.5 cm³/mol. The Bertz CT molecular complexity index is 603. The monoisotopic (exact) mass is 314 g/mol. The molecule has 0 spiro atoms. The van der Waals surface area contributed by atoms with Crippen LogP contribution in [-0.2, 0) is 0 Å². The summed E-state index contributed by atoms with van der Waals surface area (Å²) in [5.41, 5.74) is 1.06. The van der Waals surface area contributed by atoms with Gasteiger partial charge in [0.05, 0.1) is 6.61 Å². The van der Waals surface area contributed by atoms with E-state index in [1.165, 1.54) is 49.9 Å². The van der Waals surface area contributed by atoms with Gasteiger partial charge in [-0.3, -0.25) is 4.79 Å². The van der Waals surface area contributed by atoms with Crippen LogP contribution in [0.25, 0.3) is 0 Å². The number of benzene rings is 2. The Hall–Kier alpha value is -2.16. The summed E-state index contributed by atoms with van der Waals surface area (Å²) in [6, 6.07) is 12.7. The van der Waals surface area contributed by atoms with Crippen LogP contribution in [0.15, 0.2) is 48.5 Å². The number of halogens is 1. The van der Waals surface area contributed by atoms with Gasteiger partial charge < -0.3 is 4.74 Å². The molecule has 0 atom stereocenters. The van der Waals surface area contributed by atoms with Crippen molar-refractivity contribution >= 4 is 5.78 Å². The van der Waals surface area contributed by atoms with E-state index in [4.69, 9.17) is 4.74 Å². The van der Waals surface area contributed by atoms with E-state index in [0.717, 1.165) is 12.2 Å². The van der Waals surface area contributed by atoms with Gasteiger partial charge in [0, 0.05) is 11.1 Å². The normalized spacial score (nSPS) is 10.5. The fraction of sp³-hybridized carbons (Fsp3) is 0.350. The second-order valence-electron chi connectivity index (χ2n) is 5.62. The molecule has 0 unspecified atom stereocenters. The molecule has 2 nitrogen and oxygen atoms in total. The maximum Gasteiger partial charge on any atom is 0.193 e. The van der Waals surface area contributed by atoms with Crippen LogP contribution in [0.3, 0.4) is 0 Å². The summed E-state index contributed by atoms with van der Waals surface area (Å²) in [6.07, 6.45) is 6.01. The lowest BCUT2D eigenvalue weighted by Gasteiger charge is -2.07. The van der Waals surface area contributed by atoms with Gasteiger partial charge in [0.25, 0.3) is 0 Å². The van der Waals surface area contributed by atoms with Gasteiger partial charge in [0.15, 0.2) is 5.78 Å². The van der Waals surface area contributed by atoms with Crippen LogP contribution in [-0.4, -0.2) is 12.4 Å². The molecule has 2 aromatic carbocycles. The van der Waals surface area contributed by atoms with E-state index < -0.39 is 0 Å². The minimum atomic E-state index is -0.343. The summed E-state index contributed by atoms with van der Waals surface area (Å²) in [5.74, 6) is 0.316. The van der Waals surface area contributed by atoms with Gasteiger partial charge in [0.1, 0.15) is 11.6 Å². The first kappa shape index (κ1) is 17.2. The average Bonchev–Trinajstić information content (AvgIpc) is 2.58. The van der Waals surface area contributed by atoms with E-state index in [1.807, 2.05) is 12.1 Å². The maximum atomic E-state index is 12.9. The lowest BCUT2D eigenvalue weighted by molar-refractivity contribution is 0.103. The molecule has 0 saturated carbocycles. The summed E-state index contributed by atoms with van der Waals surface area (Å²) in [4.78, 5) is 12.3. The van der Waals surface area contributed by atoms with E-state index in [-0.39, 0.29) is 11.6 Å². The molecule has 2 aromatic rings. The van der Waals surface area contributed by atoms with Crippen molar-refractivity contribution in [2.45, 2.75) is 39.0 Å². The zero-order chi connectivity index (χ0) is 16.5. The highest BCUT2D eigenvalue weighted by Gasteiger charge is 2.09. The van der Waals surface area contributed by atoms with E-state index in [0.29, 0.717) is 17.7 Å². The maximum absolute atomic E-state index is 12.9. The molecule has 3 heteroatoms. The Labute approximate surface area is 137 Å². The van der Waals surface area contributed by atoms with Crippen molar-refractivity contribution in [2.24, 2.45) is 0 Å². The predicted octanol–water partition coefficient (Wildman–Crippen LogP) is 5.41. The highest BCUT2D eigenvalue weighted by atomic mass is 19.1. The highest BCUT2D eigenvalue weighted by molar-refractivity contribution is 6.08. The smallest absolute Gasteiger partial charge is 0.193 e. The van der Waals surface area contributed by atoms with Crippen molar-refractivity contribution in [3.8, 4) is 5.75 Å². The molecule has 0 saturated heterocycles. The van der Waals surface area contributed by atoms with Crippen molar-refractivity contribution in [1.82, 2.24) is 0 Å². The number of ether oxygens (including phenoxy) is 1. The van der Waals surface area contributed by atoms with E-state index in [2.05, 4.69) is 6.92 Å². The molecule has 2 rings (SSSR count). The first-order chi connectivity index (χ1) is 11.2. The van der Waals surface area contributed by atoms with Crippen molar-refractivity contribution in [2.75, 3.05) is 6.61 Å². The number of carbonyl (C=O) groups excluding carboxylic acids is 1. The van der Waals surface area contributed by atoms with Crippen LogP contribution in [0, 0.1) is 5.82 Å². The minimum Gasteiger partial charge on any atom is -0.494 e. The molecule has 0 aliphatic rings. The topological polar surface area (TPSA) is 26.3 Å². The third kappa shape index (κ3) is 5.51. The Balaban J connectivity index is 1.84. The second kappa shape index (κ2) is 9.09. The molecule has 0 fully saturated rings. The number of hydrogen-bond acceptors (Lipinski definition) is 2. The Morgan fingerprint density at radius 1 is 0.870 bits per heavy atom. The summed E-state index contributed by atoms with van der Waals surface area (Å²) in [6.45, 7) is 2.90. The standard InChI is InChI=1S/C20H23FO2/c1-2-3-4-5-6-15-23-19-13-9-17(10-14-19)20(22)16-7-11-18(21)12-8-16/h7-14H,2-6,15H2,1H3. The Morgan fingerprint density at radius 2 is 1.43 bits per heavy atom. The summed E-state index contributed by atoms with van der Waals surface area (Å²) in [7, 11) is 0. The first-order valence-electron chi connectivity index (χ1n) is 8.24. The van der Waals surface area contributed by atoms with Crippen molar-refractivity contribution < 1.29 is 13.9 Å². The zero-order valence-electron chi connectivity index (χ0n) is 13.6. The molecule has 122 valence electrons. The number of ketones is 1. The van der Waals surface area contributed by atoms with Crippen LogP contribution in [0.2, 0.25) is 0 Å². The molecular formula is C20H23FO2. The van der Waals surface area contributed by atoms with Crippen LogP contribution in [0.5, 0.6) is 5.75 Å². The fourth-order valence-electron chi connectivity index (χ4n) is 2.37. The Kier molecular flexibility index (Phi) is 6.79. The number of carbonyl (C=O) groups is 1. The van der Waals surface area contributed by atoms with Crippen LogP contribution in [0.1, 0.15) is 54.9 Å². The van der Waals surface area contributed by atoms with Gasteiger partial charge in [-0.15, -0.1) is 0 Å². The quantitative estimate of drug-likeness (QED) is 0.457. The number of unbranched alkanes of at least 4 members (excludes halogenated alkanes) is 4. The molecule has 0 aromatic heterocycles. The van der Waals surface area contributed by atoms with Gasteiger partial charge in [-0.05, 0) is 55.0 Å². The molecule has 0 amide bonds. The van der Waals surface area contributed by atoms with Gasteiger partial charge >= 0.3 is 0 Å². The van der Waals surface area contributed by atoms with Gasteiger partial charge in [0.2, 0.25) is 0 Å². The van der Waals surface area contributed by atoms with E-state index in [9.17, 15) is 9.18 Å². The lowest BCUT2D eigenvalue weighted by Crippen LogP contribution is -2.02. The second-order valence-corrected chi connectivity index (χ2v) is 5.62. The molecule has 0 heterocycles. The van der Waals surface area contributed by atoms with Gasteiger partial charge in [-0.25, -0.2) is 4.39 Å². The van der Waals surface area contributed by atoms with Crippen molar-refractivity contribution in [3.63, 3.8) is 0 Å². The van der Waals surface area contributed by atoms with Gasteiger partial charge in [-0.2, -0.15) is 0 Å². The molecule has 0 bridgehead atoms. The minimum absolute atomic E-state index is 0.115. The third-order valence-corrected chi connectivity index (χ3v) is 3.74. The van der Waals surface area contributed by atoms with E-state index >= 15 is 0 Å². The summed E-state index contributed by atoms with van der Waals surface area (Å²) in [5, 5.41) is 0. The largest absolute Gasteiger partial charge is 0.494 e. The summed E-state index contributed by atoms with van der Waals surface area (Å²) >= 11 is 0. The highest BCUT2D eigenvalue weighted by Crippen LogP contribution is 2.16. The van der Waals surface area contributed by atoms with Crippen LogP contribution < -0.4 is 4.74 Å². The van der Waals surface area contributed by atoms with Crippen LogP contribution >= 0.6 is 0 Å². The molecule has 0 aliphatic heterocycles. The lowest BCUT2D eigenvalue weighted by atomic mass is 10.0. The van der Waals surface area contributed by atoms with Crippen molar-refractivity contribution in [3.05, 3.63) is 65.5 Å².